The lowest BCUT2D eigenvalue weighted by Gasteiger charge is -2.24. The minimum atomic E-state index is -0.553. The Morgan fingerprint density at radius 3 is 2.63 bits per heavy atom. The van der Waals surface area contributed by atoms with Gasteiger partial charge in [-0.05, 0) is 44.1 Å². The Bertz CT molecular complexity index is 436. The van der Waals surface area contributed by atoms with Crippen LogP contribution in [-0.4, -0.2) is 32.3 Å². The van der Waals surface area contributed by atoms with E-state index in [1.807, 2.05) is 0 Å². The Kier molecular flexibility index (Phi) is 6.05. The molecule has 4 nitrogen and oxygen atoms in total. The van der Waals surface area contributed by atoms with Crippen molar-refractivity contribution in [2.45, 2.75) is 18.9 Å². The number of methoxy groups -OCH3 is 1. The quantitative estimate of drug-likeness (QED) is 0.867. The first kappa shape index (κ1) is 15.7. The Labute approximate surface area is 117 Å². The molecule has 0 amide bonds. The predicted molar refractivity (Wildman–Crippen MR) is 71.5 cm³/mol. The third-order valence-corrected chi connectivity index (χ3v) is 2.93. The van der Waals surface area contributed by atoms with Gasteiger partial charge in [-0.2, -0.15) is 0 Å². The highest BCUT2D eigenvalue weighted by molar-refractivity contribution is 5.89. The van der Waals surface area contributed by atoms with Crippen LogP contribution in [0.25, 0.3) is 0 Å². The van der Waals surface area contributed by atoms with Gasteiger partial charge in [0.2, 0.25) is 0 Å². The van der Waals surface area contributed by atoms with Crippen LogP contribution in [0.4, 0.5) is 4.39 Å². The van der Waals surface area contributed by atoms with E-state index in [-0.39, 0.29) is 29.8 Å². The third kappa shape index (κ3) is 4.08. The van der Waals surface area contributed by atoms with Gasteiger partial charge in [0.25, 0.3) is 0 Å². The number of nitrogens with one attached hydrogen (secondary N) is 1. The summed E-state index contributed by atoms with van der Waals surface area (Å²) in [7, 11) is 1.26. The highest BCUT2D eigenvalue weighted by Gasteiger charge is 2.17. The molecule has 106 valence electrons. The average Bonchev–Trinajstić information content (AvgIpc) is 2.41. The van der Waals surface area contributed by atoms with Crippen LogP contribution in [0.1, 0.15) is 23.2 Å². The van der Waals surface area contributed by atoms with Gasteiger partial charge in [-0.15, -0.1) is 12.4 Å². The number of ether oxygens (including phenoxy) is 2. The first-order valence-corrected chi connectivity index (χ1v) is 5.96. The number of esters is 1. The Balaban J connectivity index is 0.00000180. The van der Waals surface area contributed by atoms with Crippen molar-refractivity contribution >= 4 is 18.4 Å². The smallest absolute Gasteiger partial charge is 0.337 e. The topological polar surface area (TPSA) is 47.6 Å². The van der Waals surface area contributed by atoms with E-state index in [1.165, 1.54) is 19.2 Å². The van der Waals surface area contributed by atoms with E-state index < -0.39 is 11.8 Å². The number of rotatable bonds is 3. The van der Waals surface area contributed by atoms with E-state index in [1.54, 1.807) is 0 Å². The molecular formula is C13H17ClFNO3. The van der Waals surface area contributed by atoms with E-state index in [2.05, 4.69) is 10.1 Å². The van der Waals surface area contributed by atoms with Crippen molar-refractivity contribution in [1.82, 2.24) is 5.32 Å². The lowest BCUT2D eigenvalue weighted by atomic mass is 10.1. The maximum atomic E-state index is 13.8. The lowest BCUT2D eigenvalue weighted by molar-refractivity contribution is 0.0600. The molecule has 1 fully saturated rings. The van der Waals surface area contributed by atoms with Gasteiger partial charge in [0.15, 0.2) is 11.6 Å². The van der Waals surface area contributed by atoms with Crippen LogP contribution >= 0.6 is 12.4 Å². The van der Waals surface area contributed by atoms with Crippen LogP contribution in [0.2, 0.25) is 0 Å². The molecule has 0 atom stereocenters. The fourth-order valence-corrected chi connectivity index (χ4v) is 1.93. The van der Waals surface area contributed by atoms with E-state index in [4.69, 9.17) is 4.74 Å². The summed E-state index contributed by atoms with van der Waals surface area (Å²) in [5.41, 5.74) is 0.188. The maximum Gasteiger partial charge on any atom is 0.337 e. The fraction of sp³-hybridized carbons (Fsp3) is 0.462. The molecule has 1 aliphatic heterocycles. The molecule has 0 unspecified atom stereocenters. The van der Waals surface area contributed by atoms with Crippen molar-refractivity contribution in [3.8, 4) is 5.75 Å². The summed E-state index contributed by atoms with van der Waals surface area (Å²) in [4.78, 5) is 11.2. The van der Waals surface area contributed by atoms with E-state index >= 15 is 0 Å². The zero-order valence-electron chi connectivity index (χ0n) is 10.6. The molecule has 1 aromatic rings. The molecule has 6 heteroatoms. The van der Waals surface area contributed by atoms with Gasteiger partial charge >= 0.3 is 5.97 Å². The van der Waals surface area contributed by atoms with Gasteiger partial charge in [-0.25, -0.2) is 9.18 Å². The summed E-state index contributed by atoms with van der Waals surface area (Å²) in [5, 5.41) is 3.21. The van der Waals surface area contributed by atoms with Gasteiger partial charge in [-0.1, -0.05) is 0 Å². The highest BCUT2D eigenvalue weighted by atomic mass is 35.5. The molecule has 0 bridgehead atoms. The zero-order valence-corrected chi connectivity index (χ0v) is 11.5. The molecule has 1 N–H and O–H groups in total. The SMILES string of the molecule is COC(=O)c1ccc(OC2CCNCC2)c(F)c1.Cl. The second-order valence-corrected chi connectivity index (χ2v) is 4.20. The first-order chi connectivity index (χ1) is 8.70. The Morgan fingerprint density at radius 2 is 2.05 bits per heavy atom. The zero-order chi connectivity index (χ0) is 13.0. The molecule has 0 spiro atoms. The molecular weight excluding hydrogens is 273 g/mol. The minimum absolute atomic E-state index is 0. The number of piperidine rings is 1. The second-order valence-electron chi connectivity index (χ2n) is 4.20. The summed E-state index contributed by atoms with van der Waals surface area (Å²) in [6, 6.07) is 4.12. The molecule has 1 heterocycles. The van der Waals surface area contributed by atoms with Crippen LogP contribution < -0.4 is 10.1 Å². The lowest BCUT2D eigenvalue weighted by Crippen LogP contribution is -2.34. The summed E-state index contributed by atoms with van der Waals surface area (Å²) < 4.78 is 23.9. The van der Waals surface area contributed by atoms with Gasteiger partial charge in [0.1, 0.15) is 6.10 Å². The maximum absolute atomic E-state index is 13.8. The number of carbonyl (C=O) groups excluding carboxylic acids is 1. The summed E-state index contributed by atoms with van der Waals surface area (Å²) in [5.74, 6) is -0.895. The molecule has 1 aliphatic rings. The molecule has 0 radical (unpaired) electrons. The Hall–Kier alpha value is -1.33. The standard InChI is InChI=1S/C13H16FNO3.ClH/c1-17-13(16)9-2-3-12(11(14)8-9)18-10-4-6-15-7-5-10;/h2-3,8,10,15H,4-7H2,1H3;1H. The van der Waals surface area contributed by atoms with E-state index in [0.29, 0.717) is 0 Å². The first-order valence-electron chi connectivity index (χ1n) is 5.96. The van der Waals surface area contributed by atoms with E-state index in [9.17, 15) is 9.18 Å². The van der Waals surface area contributed by atoms with Crippen molar-refractivity contribution in [3.63, 3.8) is 0 Å². The molecule has 1 aromatic carbocycles. The van der Waals surface area contributed by atoms with Crippen molar-refractivity contribution < 1.29 is 18.7 Å². The van der Waals surface area contributed by atoms with Crippen LogP contribution in [0.15, 0.2) is 18.2 Å². The van der Waals surface area contributed by atoms with Crippen LogP contribution in [-0.2, 0) is 4.74 Å². The Morgan fingerprint density at radius 1 is 1.37 bits per heavy atom. The summed E-state index contributed by atoms with van der Waals surface area (Å²) in [6.07, 6.45) is 1.75. The molecule has 0 saturated carbocycles. The largest absolute Gasteiger partial charge is 0.487 e. The van der Waals surface area contributed by atoms with Crippen molar-refractivity contribution in [2.24, 2.45) is 0 Å². The summed E-state index contributed by atoms with van der Waals surface area (Å²) in [6.45, 7) is 1.76. The third-order valence-electron chi connectivity index (χ3n) is 2.93. The van der Waals surface area contributed by atoms with Crippen molar-refractivity contribution in [1.29, 1.82) is 0 Å². The number of hydrogen-bond donors (Lipinski definition) is 1. The second kappa shape index (κ2) is 7.31. The number of benzene rings is 1. The summed E-state index contributed by atoms with van der Waals surface area (Å²) >= 11 is 0. The number of halogens is 2. The van der Waals surface area contributed by atoms with Crippen molar-refractivity contribution in [3.05, 3.63) is 29.6 Å². The monoisotopic (exact) mass is 289 g/mol. The van der Waals surface area contributed by atoms with Gasteiger partial charge in [0, 0.05) is 0 Å². The number of hydrogen-bond acceptors (Lipinski definition) is 4. The fourth-order valence-electron chi connectivity index (χ4n) is 1.93. The number of carbonyl (C=O) groups is 1. The average molecular weight is 290 g/mol. The van der Waals surface area contributed by atoms with Crippen LogP contribution in [0.5, 0.6) is 5.75 Å². The van der Waals surface area contributed by atoms with Crippen LogP contribution in [0, 0.1) is 5.82 Å². The van der Waals surface area contributed by atoms with Gasteiger partial charge < -0.3 is 14.8 Å². The molecule has 0 aliphatic carbocycles. The van der Waals surface area contributed by atoms with Crippen LogP contribution in [0.3, 0.4) is 0 Å². The molecule has 1 saturated heterocycles. The highest BCUT2D eigenvalue weighted by Crippen LogP contribution is 2.22. The van der Waals surface area contributed by atoms with Gasteiger partial charge in [0.05, 0.1) is 12.7 Å². The van der Waals surface area contributed by atoms with E-state index in [0.717, 1.165) is 32.0 Å². The predicted octanol–water partition coefficient (Wildman–Crippen LogP) is 2.16. The molecule has 19 heavy (non-hydrogen) atoms. The van der Waals surface area contributed by atoms with Gasteiger partial charge in [-0.3, -0.25) is 0 Å². The minimum Gasteiger partial charge on any atom is -0.487 e. The van der Waals surface area contributed by atoms with Crippen molar-refractivity contribution in [2.75, 3.05) is 20.2 Å². The normalized spacial score (nSPS) is 15.5. The molecule has 0 aromatic heterocycles. The molecule has 2 rings (SSSR count).